The maximum Gasteiger partial charge on any atom is 0.317 e. The van der Waals surface area contributed by atoms with Gasteiger partial charge in [-0.3, -0.25) is 0 Å². The van der Waals surface area contributed by atoms with Gasteiger partial charge in [0.1, 0.15) is 0 Å². The summed E-state index contributed by atoms with van der Waals surface area (Å²) >= 11 is 1.68. The summed E-state index contributed by atoms with van der Waals surface area (Å²) in [6, 6.07) is 18.0. The maximum atomic E-state index is 11.9. The van der Waals surface area contributed by atoms with Gasteiger partial charge in [-0.05, 0) is 23.8 Å². The van der Waals surface area contributed by atoms with Crippen molar-refractivity contribution in [2.75, 3.05) is 20.2 Å². The molecule has 0 atom stereocenters. The Morgan fingerprint density at radius 2 is 1.82 bits per heavy atom. The lowest BCUT2D eigenvalue weighted by atomic mass is 10.2. The van der Waals surface area contributed by atoms with E-state index >= 15 is 0 Å². The van der Waals surface area contributed by atoms with Crippen LogP contribution in [-0.2, 0) is 6.54 Å². The molecular weight excluding hydrogens is 296 g/mol. The number of benzene rings is 2. The topological polar surface area (TPSA) is 52.6 Å². The fraction of sp³-hybridized carbons (Fsp3) is 0.235. The van der Waals surface area contributed by atoms with Gasteiger partial charge in [-0.25, -0.2) is 4.79 Å². The number of rotatable bonds is 6. The predicted molar refractivity (Wildman–Crippen MR) is 89.0 cm³/mol. The summed E-state index contributed by atoms with van der Waals surface area (Å²) in [4.78, 5) is 15.6. The minimum Gasteiger partial charge on any atom is -0.395 e. The number of carbonyl (C=O) groups excluding carboxylic acids is 1. The maximum absolute atomic E-state index is 11.9. The molecule has 2 aromatic carbocycles. The van der Waals surface area contributed by atoms with Gasteiger partial charge in [0.15, 0.2) is 0 Å². The first-order chi connectivity index (χ1) is 10.7. The minimum atomic E-state index is -0.187. The van der Waals surface area contributed by atoms with Crippen LogP contribution in [0.1, 0.15) is 5.56 Å². The van der Waals surface area contributed by atoms with E-state index in [1.165, 1.54) is 9.80 Å². The molecule has 0 fully saturated rings. The molecule has 116 valence electrons. The summed E-state index contributed by atoms with van der Waals surface area (Å²) < 4.78 is 0. The van der Waals surface area contributed by atoms with Gasteiger partial charge >= 0.3 is 6.03 Å². The average Bonchev–Trinajstić information content (AvgIpc) is 2.55. The highest BCUT2D eigenvalue weighted by Gasteiger charge is 2.09. The lowest BCUT2D eigenvalue weighted by Crippen LogP contribution is -2.38. The monoisotopic (exact) mass is 316 g/mol. The van der Waals surface area contributed by atoms with Crippen molar-refractivity contribution in [2.45, 2.75) is 16.3 Å². The summed E-state index contributed by atoms with van der Waals surface area (Å²) in [5.41, 5.74) is 1.07. The average molecular weight is 316 g/mol. The van der Waals surface area contributed by atoms with Gasteiger partial charge in [-0.1, -0.05) is 48.2 Å². The number of hydrogen-bond acceptors (Lipinski definition) is 3. The van der Waals surface area contributed by atoms with Crippen molar-refractivity contribution in [3.63, 3.8) is 0 Å². The van der Waals surface area contributed by atoms with Gasteiger partial charge in [0.25, 0.3) is 0 Å². The van der Waals surface area contributed by atoms with Crippen molar-refractivity contribution < 1.29 is 9.90 Å². The number of aliphatic hydroxyl groups excluding tert-OH is 1. The molecule has 0 bridgehead atoms. The zero-order chi connectivity index (χ0) is 15.8. The fourth-order valence-electron chi connectivity index (χ4n) is 1.92. The van der Waals surface area contributed by atoms with E-state index in [9.17, 15) is 4.79 Å². The Labute approximate surface area is 135 Å². The van der Waals surface area contributed by atoms with Crippen LogP contribution in [-0.4, -0.2) is 36.2 Å². The molecule has 0 aliphatic heterocycles. The molecule has 2 rings (SSSR count). The van der Waals surface area contributed by atoms with E-state index in [0.717, 1.165) is 10.5 Å². The number of nitrogens with zero attached hydrogens (tertiary/aromatic N) is 1. The molecule has 0 aliphatic rings. The number of amides is 2. The van der Waals surface area contributed by atoms with Crippen molar-refractivity contribution in [1.29, 1.82) is 0 Å². The summed E-state index contributed by atoms with van der Waals surface area (Å²) in [6.45, 7) is 0.751. The van der Waals surface area contributed by atoms with E-state index in [1.54, 1.807) is 18.8 Å². The minimum absolute atomic E-state index is 0.0373. The van der Waals surface area contributed by atoms with Crippen LogP contribution in [0.2, 0.25) is 0 Å². The smallest absolute Gasteiger partial charge is 0.317 e. The predicted octanol–water partition coefficient (Wildman–Crippen LogP) is 2.97. The number of nitrogens with one attached hydrogen (secondary N) is 1. The molecule has 0 unspecified atom stereocenters. The van der Waals surface area contributed by atoms with Crippen molar-refractivity contribution in [3.8, 4) is 0 Å². The van der Waals surface area contributed by atoms with Gasteiger partial charge < -0.3 is 15.3 Å². The van der Waals surface area contributed by atoms with E-state index in [4.69, 9.17) is 5.11 Å². The second-order valence-corrected chi connectivity index (χ2v) is 5.94. The molecular formula is C17H20N2O2S. The van der Waals surface area contributed by atoms with Crippen LogP contribution in [0, 0.1) is 0 Å². The van der Waals surface area contributed by atoms with Gasteiger partial charge in [0, 0.05) is 29.9 Å². The van der Waals surface area contributed by atoms with Crippen molar-refractivity contribution >= 4 is 17.8 Å². The Kier molecular flexibility index (Phi) is 6.30. The van der Waals surface area contributed by atoms with Crippen molar-refractivity contribution in [3.05, 3.63) is 60.2 Å². The second-order valence-electron chi connectivity index (χ2n) is 4.83. The summed E-state index contributed by atoms with van der Waals surface area (Å²) in [7, 11) is 1.66. The van der Waals surface area contributed by atoms with Crippen LogP contribution >= 0.6 is 11.8 Å². The highest BCUT2D eigenvalue weighted by atomic mass is 32.2. The van der Waals surface area contributed by atoms with Crippen molar-refractivity contribution in [2.24, 2.45) is 0 Å². The van der Waals surface area contributed by atoms with Gasteiger partial charge in [0.2, 0.25) is 0 Å². The van der Waals surface area contributed by atoms with E-state index < -0.39 is 0 Å². The number of aliphatic hydroxyl groups is 1. The first-order valence-electron chi connectivity index (χ1n) is 7.11. The molecule has 4 nitrogen and oxygen atoms in total. The molecule has 5 heteroatoms. The molecule has 2 aromatic rings. The Bertz CT molecular complexity index is 605. The molecule has 0 aromatic heterocycles. The lowest BCUT2D eigenvalue weighted by Gasteiger charge is -2.17. The zero-order valence-electron chi connectivity index (χ0n) is 12.5. The molecule has 0 radical (unpaired) electrons. The fourth-order valence-corrected chi connectivity index (χ4v) is 2.89. The number of hydrogen-bond donors (Lipinski definition) is 2. The number of carbonyl (C=O) groups is 1. The number of likely N-dealkylation sites (N-methyl/N-ethyl adjacent to an activating group) is 1. The van der Waals surface area contributed by atoms with Crippen LogP contribution in [0.3, 0.4) is 0 Å². The Balaban J connectivity index is 2.01. The first-order valence-corrected chi connectivity index (χ1v) is 7.93. The third kappa shape index (κ3) is 4.79. The van der Waals surface area contributed by atoms with Crippen LogP contribution in [0.4, 0.5) is 4.79 Å². The largest absolute Gasteiger partial charge is 0.395 e. The van der Waals surface area contributed by atoms with Crippen LogP contribution in [0.15, 0.2) is 64.4 Å². The lowest BCUT2D eigenvalue weighted by molar-refractivity contribution is 0.190. The summed E-state index contributed by atoms with van der Waals surface area (Å²) in [5, 5.41) is 11.7. The molecule has 2 N–H and O–H groups in total. The number of urea groups is 1. The Morgan fingerprint density at radius 1 is 1.14 bits per heavy atom. The molecule has 2 amide bonds. The van der Waals surface area contributed by atoms with E-state index in [2.05, 4.69) is 23.5 Å². The molecule has 0 saturated carbocycles. The standard InChI is InChI=1S/C17H20N2O2S/c1-19(11-12-20)17(21)18-13-14-7-5-6-10-16(14)22-15-8-3-2-4-9-15/h2-10,20H,11-13H2,1H3,(H,18,21). The van der Waals surface area contributed by atoms with E-state index in [0.29, 0.717) is 13.1 Å². The molecule has 0 heterocycles. The Morgan fingerprint density at radius 3 is 2.55 bits per heavy atom. The summed E-state index contributed by atoms with van der Waals surface area (Å²) in [5.74, 6) is 0. The normalized spacial score (nSPS) is 10.3. The summed E-state index contributed by atoms with van der Waals surface area (Å²) in [6.07, 6.45) is 0. The molecule has 0 saturated heterocycles. The third-order valence-electron chi connectivity index (χ3n) is 3.16. The van der Waals surface area contributed by atoms with E-state index in [1.807, 2.05) is 36.4 Å². The zero-order valence-corrected chi connectivity index (χ0v) is 13.3. The Hall–Kier alpha value is -1.98. The van der Waals surface area contributed by atoms with Gasteiger partial charge in [-0.2, -0.15) is 0 Å². The van der Waals surface area contributed by atoms with Gasteiger partial charge in [-0.15, -0.1) is 0 Å². The van der Waals surface area contributed by atoms with Crippen LogP contribution in [0.25, 0.3) is 0 Å². The van der Waals surface area contributed by atoms with Crippen LogP contribution < -0.4 is 5.32 Å². The highest BCUT2D eigenvalue weighted by molar-refractivity contribution is 7.99. The quantitative estimate of drug-likeness (QED) is 0.861. The first kappa shape index (κ1) is 16.4. The van der Waals surface area contributed by atoms with Crippen LogP contribution in [0.5, 0.6) is 0 Å². The SMILES string of the molecule is CN(CCO)C(=O)NCc1ccccc1Sc1ccccc1. The highest BCUT2D eigenvalue weighted by Crippen LogP contribution is 2.30. The van der Waals surface area contributed by atoms with E-state index in [-0.39, 0.29) is 12.6 Å². The second kappa shape index (κ2) is 8.46. The third-order valence-corrected chi connectivity index (χ3v) is 4.28. The molecule has 22 heavy (non-hydrogen) atoms. The molecule has 0 spiro atoms. The molecule has 0 aliphatic carbocycles. The van der Waals surface area contributed by atoms with Gasteiger partial charge in [0.05, 0.1) is 6.61 Å². The van der Waals surface area contributed by atoms with Crippen molar-refractivity contribution in [1.82, 2.24) is 10.2 Å².